The zero-order chi connectivity index (χ0) is 22.7. The van der Waals surface area contributed by atoms with Gasteiger partial charge in [-0.25, -0.2) is 9.78 Å². The molecule has 0 amide bonds. The predicted octanol–water partition coefficient (Wildman–Crippen LogP) is 5.17. The Bertz CT molecular complexity index is 1100. The van der Waals surface area contributed by atoms with E-state index in [1.807, 2.05) is 6.92 Å². The molecular weight excluding hydrogens is 430 g/mol. The third-order valence-electron chi connectivity index (χ3n) is 4.63. The molecule has 9 heteroatoms. The number of esters is 1. The Labute approximate surface area is 182 Å². The van der Waals surface area contributed by atoms with Gasteiger partial charge >= 0.3 is 12.6 Å². The van der Waals surface area contributed by atoms with Crippen LogP contribution in [0.4, 0.5) is 8.78 Å². The second-order valence-corrected chi connectivity index (χ2v) is 7.16. The third-order valence-corrected chi connectivity index (χ3v) is 4.86. The number of ether oxygens (including phenoxy) is 2. The number of carbonyl (C=O) groups excluding carboxylic acids is 2. The molecule has 0 aliphatic carbocycles. The summed E-state index contributed by atoms with van der Waals surface area (Å²) >= 11 is 5.71. The molecule has 0 bridgehead atoms. The highest BCUT2D eigenvalue weighted by Gasteiger charge is 2.25. The molecule has 1 atom stereocenters. The molecule has 3 aromatic rings. The van der Waals surface area contributed by atoms with E-state index >= 15 is 0 Å². The van der Waals surface area contributed by atoms with Crippen molar-refractivity contribution in [3.05, 3.63) is 76.3 Å². The summed E-state index contributed by atoms with van der Waals surface area (Å²) in [5, 5.41) is 0.238. The van der Waals surface area contributed by atoms with Crippen molar-refractivity contribution >= 4 is 23.4 Å². The minimum atomic E-state index is -2.90. The smallest absolute Gasteiger partial charge is 0.387 e. The van der Waals surface area contributed by atoms with Crippen LogP contribution in [0, 0.1) is 13.8 Å². The summed E-state index contributed by atoms with van der Waals surface area (Å²) < 4.78 is 36.1. The zero-order valence-corrected chi connectivity index (χ0v) is 17.7. The minimum Gasteiger partial charge on any atom is -0.451 e. The van der Waals surface area contributed by atoms with Crippen molar-refractivity contribution in [2.24, 2.45) is 0 Å². The molecule has 162 valence electrons. The molecule has 31 heavy (non-hydrogen) atoms. The summed E-state index contributed by atoms with van der Waals surface area (Å²) in [5.74, 6) is -1.02. The first-order valence-corrected chi connectivity index (χ1v) is 9.66. The maximum absolute atomic E-state index is 12.9. The molecule has 2 heterocycles. The van der Waals surface area contributed by atoms with E-state index < -0.39 is 18.7 Å². The average Bonchev–Trinajstić information content (AvgIpc) is 3.02. The van der Waals surface area contributed by atoms with E-state index in [1.54, 1.807) is 29.7 Å². The first kappa shape index (κ1) is 22.4. The molecule has 0 saturated heterocycles. The standard InChI is InChI=1S/C22H19ClF2N2O4/c1-12-10-18(13(2)27(12)16-5-7-17(8-6-16)31-22(24)25)20(28)14(3)30-21(29)15-4-9-19(23)26-11-15/h4-11,14,22H,1-3H3/t14-/m1/s1. The molecule has 2 aromatic heterocycles. The van der Waals surface area contributed by atoms with Gasteiger partial charge in [0.25, 0.3) is 0 Å². The van der Waals surface area contributed by atoms with Crippen molar-refractivity contribution in [2.75, 3.05) is 0 Å². The fourth-order valence-corrected chi connectivity index (χ4v) is 3.30. The Balaban J connectivity index is 1.79. The van der Waals surface area contributed by atoms with E-state index in [9.17, 15) is 18.4 Å². The second kappa shape index (κ2) is 9.26. The second-order valence-electron chi connectivity index (χ2n) is 6.77. The lowest BCUT2D eigenvalue weighted by Crippen LogP contribution is -2.25. The molecule has 0 saturated carbocycles. The summed E-state index contributed by atoms with van der Waals surface area (Å²) in [6, 6.07) is 10.7. The largest absolute Gasteiger partial charge is 0.451 e. The van der Waals surface area contributed by atoms with E-state index in [0.717, 1.165) is 5.69 Å². The lowest BCUT2D eigenvalue weighted by Gasteiger charge is -2.14. The number of hydrogen-bond donors (Lipinski definition) is 0. The highest BCUT2D eigenvalue weighted by atomic mass is 35.5. The van der Waals surface area contributed by atoms with Gasteiger partial charge in [0.1, 0.15) is 10.9 Å². The van der Waals surface area contributed by atoms with Crippen LogP contribution >= 0.6 is 11.6 Å². The van der Waals surface area contributed by atoms with Crippen molar-refractivity contribution in [2.45, 2.75) is 33.5 Å². The maximum atomic E-state index is 12.9. The first-order valence-electron chi connectivity index (χ1n) is 9.28. The number of aryl methyl sites for hydroxylation is 1. The number of aromatic nitrogens is 2. The average molecular weight is 449 g/mol. The molecule has 0 radical (unpaired) electrons. The van der Waals surface area contributed by atoms with E-state index in [-0.39, 0.29) is 22.2 Å². The normalized spacial score (nSPS) is 12.0. The topological polar surface area (TPSA) is 70.4 Å². The number of benzene rings is 1. The Morgan fingerprint density at radius 2 is 1.77 bits per heavy atom. The Morgan fingerprint density at radius 3 is 2.35 bits per heavy atom. The molecule has 3 rings (SSSR count). The van der Waals surface area contributed by atoms with E-state index in [1.165, 1.54) is 37.4 Å². The van der Waals surface area contributed by atoms with Crippen LogP contribution in [0.5, 0.6) is 5.75 Å². The highest BCUT2D eigenvalue weighted by molar-refractivity contribution is 6.29. The van der Waals surface area contributed by atoms with Crippen molar-refractivity contribution in [3.8, 4) is 11.4 Å². The van der Waals surface area contributed by atoms with Gasteiger partial charge in [0.15, 0.2) is 6.10 Å². The van der Waals surface area contributed by atoms with Gasteiger partial charge in [-0.05, 0) is 63.2 Å². The monoisotopic (exact) mass is 448 g/mol. The quantitative estimate of drug-likeness (QED) is 0.283. The number of halogens is 3. The molecule has 0 spiro atoms. The fourth-order valence-electron chi connectivity index (χ4n) is 3.18. The number of pyridine rings is 1. The van der Waals surface area contributed by atoms with E-state index in [2.05, 4.69) is 9.72 Å². The van der Waals surface area contributed by atoms with Crippen LogP contribution in [0.25, 0.3) is 5.69 Å². The van der Waals surface area contributed by atoms with Gasteiger partial charge in [0.2, 0.25) is 5.78 Å². The van der Waals surface area contributed by atoms with Gasteiger partial charge in [-0.3, -0.25) is 4.79 Å². The molecule has 0 unspecified atom stereocenters. The number of carbonyl (C=O) groups is 2. The van der Waals surface area contributed by atoms with Gasteiger partial charge < -0.3 is 14.0 Å². The van der Waals surface area contributed by atoms with Gasteiger partial charge in [-0.15, -0.1) is 0 Å². The lowest BCUT2D eigenvalue weighted by molar-refractivity contribution is -0.0498. The molecule has 0 fully saturated rings. The molecule has 0 N–H and O–H groups in total. The number of nitrogens with zero attached hydrogens (tertiary/aromatic N) is 2. The predicted molar refractivity (Wildman–Crippen MR) is 110 cm³/mol. The number of rotatable bonds is 7. The van der Waals surface area contributed by atoms with Gasteiger partial charge in [0, 0.05) is 28.8 Å². The van der Waals surface area contributed by atoms with Crippen molar-refractivity contribution in [3.63, 3.8) is 0 Å². The Kier molecular flexibility index (Phi) is 6.70. The maximum Gasteiger partial charge on any atom is 0.387 e. The molecular formula is C22H19ClF2N2O4. The third kappa shape index (κ3) is 5.08. The summed E-state index contributed by atoms with van der Waals surface area (Å²) in [6.45, 7) is 2.15. The number of hydrogen-bond acceptors (Lipinski definition) is 5. The van der Waals surface area contributed by atoms with E-state index in [4.69, 9.17) is 16.3 Å². The van der Waals surface area contributed by atoms with Crippen LogP contribution in [0.2, 0.25) is 5.15 Å². The van der Waals surface area contributed by atoms with Gasteiger partial charge in [-0.2, -0.15) is 8.78 Å². The summed E-state index contributed by atoms with van der Waals surface area (Å²) in [6.07, 6.45) is 0.244. The SMILES string of the molecule is Cc1cc(C(=O)[C@@H](C)OC(=O)c2ccc(Cl)nc2)c(C)n1-c1ccc(OC(F)F)cc1. The number of ketones is 1. The van der Waals surface area contributed by atoms with Gasteiger partial charge in [-0.1, -0.05) is 11.6 Å². The minimum absolute atomic E-state index is 0.0368. The first-order chi connectivity index (χ1) is 14.7. The Hall–Kier alpha value is -3.26. The lowest BCUT2D eigenvalue weighted by atomic mass is 10.1. The summed E-state index contributed by atoms with van der Waals surface area (Å²) in [7, 11) is 0. The molecule has 0 aliphatic rings. The van der Waals surface area contributed by atoms with Gasteiger partial charge in [0.05, 0.1) is 5.56 Å². The van der Waals surface area contributed by atoms with Crippen molar-refractivity contribution in [1.29, 1.82) is 0 Å². The highest BCUT2D eigenvalue weighted by Crippen LogP contribution is 2.25. The summed E-state index contributed by atoms with van der Waals surface area (Å²) in [5.41, 5.74) is 2.62. The van der Waals surface area contributed by atoms with Crippen molar-refractivity contribution < 1.29 is 27.8 Å². The summed E-state index contributed by atoms with van der Waals surface area (Å²) in [4.78, 5) is 29.0. The van der Waals surface area contributed by atoms with Crippen LogP contribution in [-0.4, -0.2) is 34.0 Å². The number of alkyl halides is 2. The molecule has 0 aliphatic heterocycles. The van der Waals surface area contributed by atoms with Crippen LogP contribution < -0.4 is 4.74 Å². The van der Waals surface area contributed by atoms with Crippen LogP contribution in [0.15, 0.2) is 48.7 Å². The zero-order valence-electron chi connectivity index (χ0n) is 16.9. The Morgan fingerprint density at radius 1 is 1.10 bits per heavy atom. The van der Waals surface area contributed by atoms with Crippen molar-refractivity contribution in [1.82, 2.24) is 9.55 Å². The molecule has 6 nitrogen and oxygen atoms in total. The van der Waals surface area contributed by atoms with E-state index in [0.29, 0.717) is 16.9 Å². The van der Waals surface area contributed by atoms with Crippen LogP contribution in [0.3, 0.4) is 0 Å². The van der Waals surface area contributed by atoms with Crippen LogP contribution in [-0.2, 0) is 4.74 Å². The number of Topliss-reactive ketones (excluding diaryl/α,β-unsaturated/α-hetero) is 1. The fraction of sp³-hybridized carbons (Fsp3) is 0.227. The molecule has 1 aromatic carbocycles. The van der Waals surface area contributed by atoms with Crippen LogP contribution in [0.1, 0.15) is 39.0 Å².